The molecule has 2 rings (SSSR count). The number of carbonyl (C=O) groups excluding carboxylic acids is 1. The van der Waals surface area contributed by atoms with E-state index in [1.807, 2.05) is 55.3 Å². The highest BCUT2D eigenvalue weighted by Gasteiger charge is 2.07. The first-order chi connectivity index (χ1) is 12.1. The van der Waals surface area contributed by atoms with Crippen LogP contribution in [-0.2, 0) is 11.2 Å². The Hall–Kier alpha value is -2.33. The maximum Gasteiger partial charge on any atom is 0.234 e. The van der Waals surface area contributed by atoms with Crippen molar-refractivity contribution in [1.29, 1.82) is 0 Å². The number of nitrogens with one attached hydrogen (secondary N) is 1. The fourth-order valence-electron chi connectivity index (χ4n) is 2.64. The number of rotatable bonds is 9. The van der Waals surface area contributed by atoms with E-state index in [0.717, 1.165) is 17.7 Å². The molecule has 0 unspecified atom stereocenters. The first kappa shape index (κ1) is 19.0. The molecular weight excluding hydrogens is 312 g/mol. The number of carbonyl (C=O) groups is 1. The Bertz CT molecular complexity index is 685. The standard InChI is InChI=1S/C21H28N2O2/c1-17-8-4-6-10-19(17)12-13-22-21(24)16-23(3)14-15-25-20-11-7-5-9-18(20)2/h4-11H,12-16H2,1-3H3,(H,22,24). The lowest BCUT2D eigenvalue weighted by molar-refractivity contribution is -0.121. The zero-order chi connectivity index (χ0) is 18.1. The summed E-state index contributed by atoms with van der Waals surface area (Å²) >= 11 is 0. The molecule has 0 fully saturated rings. The molecule has 0 radical (unpaired) electrons. The number of ether oxygens (including phenoxy) is 1. The minimum atomic E-state index is 0.0481. The largest absolute Gasteiger partial charge is 0.492 e. The second-order valence-electron chi connectivity index (χ2n) is 6.38. The second-order valence-corrected chi connectivity index (χ2v) is 6.38. The smallest absolute Gasteiger partial charge is 0.234 e. The van der Waals surface area contributed by atoms with Crippen molar-refractivity contribution in [2.24, 2.45) is 0 Å². The average molecular weight is 340 g/mol. The van der Waals surface area contributed by atoms with Gasteiger partial charge in [-0.2, -0.15) is 0 Å². The number of benzene rings is 2. The van der Waals surface area contributed by atoms with Gasteiger partial charge in [-0.05, 0) is 50.1 Å². The first-order valence-electron chi connectivity index (χ1n) is 8.74. The summed E-state index contributed by atoms with van der Waals surface area (Å²) in [6.45, 7) is 6.44. The normalized spacial score (nSPS) is 10.7. The summed E-state index contributed by atoms with van der Waals surface area (Å²) in [6, 6.07) is 16.2. The van der Waals surface area contributed by atoms with Crippen molar-refractivity contribution in [2.75, 3.05) is 33.3 Å². The van der Waals surface area contributed by atoms with E-state index in [0.29, 0.717) is 26.2 Å². The molecule has 2 aromatic carbocycles. The molecule has 0 saturated heterocycles. The van der Waals surface area contributed by atoms with Crippen LogP contribution in [0.1, 0.15) is 16.7 Å². The van der Waals surface area contributed by atoms with Gasteiger partial charge in [-0.3, -0.25) is 9.69 Å². The molecule has 0 aliphatic carbocycles. The third kappa shape index (κ3) is 6.59. The van der Waals surface area contributed by atoms with Crippen LogP contribution >= 0.6 is 0 Å². The van der Waals surface area contributed by atoms with Gasteiger partial charge in [-0.15, -0.1) is 0 Å². The lowest BCUT2D eigenvalue weighted by Crippen LogP contribution is -2.37. The second kappa shape index (κ2) is 9.84. The van der Waals surface area contributed by atoms with E-state index in [-0.39, 0.29) is 5.91 Å². The summed E-state index contributed by atoms with van der Waals surface area (Å²) in [7, 11) is 1.93. The van der Waals surface area contributed by atoms with Gasteiger partial charge in [0.1, 0.15) is 12.4 Å². The van der Waals surface area contributed by atoms with Crippen LogP contribution in [0.4, 0.5) is 0 Å². The number of amides is 1. The highest BCUT2D eigenvalue weighted by molar-refractivity contribution is 5.77. The van der Waals surface area contributed by atoms with Crippen molar-refractivity contribution in [3.05, 3.63) is 65.2 Å². The van der Waals surface area contributed by atoms with Crippen LogP contribution < -0.4 is 10.1 Å². The summed E-state index contributed by atoms with van der Waals surface area (Å²) in [5, 5.41) is 2.99. The molecule has 4 nitrogen and oxygen atoms in total. The molecule has 2 aromatic rings. The highest BCUT2D eigenvalue weighted by atomic mass is 16.5. The Morgan fingerprint density at radius 2 is 1.72 bits per heavy atom. The predicted molar refractivity (Wildman–Crippen MR) is 102 cm³/mol. The van der Waals surface area contributed by atoms with Gasteiger partial charge in [0.25, 0.3) is 0 Å². The van der Waals surface area contributed by atoms with Crippen LogP contribution in [0, 0.1) is 13.8 Å². The summed E-state index contributed by atoms with van der Waals surface area (Å²) in [5.74, 6) is 0.950. The molecule has 0 atom stereocenters. The molecule has 4 heteroatoms. The lowest BCUT2D eigenvalue weighted by atomic mass is 10.1. The number of nitrogens with zero attached hydrogens (tertiary/aromatic N) is 1. The highest BCUT2D eigenvalue weighted by Crippen LogP contribution is 2.15. The first-order valence-corrected chi connectivity index (χ1v) is 8.74. The average Bonchev–Trinajstić information content (AvgIpc) is 2.58. The van der Waals surface area contributed by atoms with Gasteiger partial charge < -0.3 is 10.1 Å². The summed E-state index contributed by atoms with van der Waals surface area (Å²) in [5.41, 5.74) is 3.67. The Labute approximate surface area is 150 Å². The van der Waals surface area contributed by atoms with Crippen molar-refractivity contribution in [3.8, 4) is 5.75 Å². The topological polar surface area (TPSA) is 41.6 Å². The van der Waals surface area contributed by atoms with Crippen LogP contribution in [0.15, 0.2) is 48.5 Å². The quantitative estimate of drug-likeness (QED) is 0.763. The fraction of sp³-hybridized carbons (Fsp3) is 0.381. The molecular formula is C21H28N2O2. The van der Waals surface area contributed by atoms with Gasteiger partial charge in [-0.25, -0.2) is 0 Å². The van der Waals surface area contributed by atoms with Crippen LogP contribution in [0.2, 0.25) is 0 Å². The molecule has 0 aromatic heterocycles. The van der Waals surface area contributed by atoms with E-state index < -0.39 is 0 Å². The van der Waals surface area contributed by atoms with Crippen molar-refractivity contribution in [3.63, 3.8) is 0 Å². The molecule has 0 aliphatic rings. The molecule has 1 amide bonds. The number of hydrogen-bond donors (Lipinski definition) is 1. The monoisotopic (exact) mass is 340 g/mol. The molecule has 0 aliphatic heterocycles. The van der Waals surface area contributed by atoms with Crippen LogP contribution in [0.25, 0.3) is 0 Å². The Kier molecular flexibility index (Phi) is 7.48. The van der Waals surface area contributed by atoms with Gasteiger partial charge in [0.15, 0.2) is 0 Å². The molecule has 0 heterocycles. The van der Waals surface area contributed by atoms with Gasteiger partial charge in [0.05, 0.1) is 6.54 Å². The number of para-hydroxylation sites is 1. The van der Waals surface area contributed by atoms with Crippen molar-refractivity contribution in [1.82, 2.24) is 10.2 Å². The number of likely N-dealkylation sites (N-methyl/N-ethyl adjacent to an activating group) is 1. The van der Waals surface area contributed by atoms with Gasteiger partial charge in [0, 0.05) is 13.1 Å². The van der Waals surface area contributed by atoms with E-state index in [4.69, 9.17) is 4.74 Å². The summed E-state index contributed by atoms with van der Waals surface area (Å²) in [6.07, 6.45) is 0.860. The van der Waals surface area contributed by atoms with Crippen LogP contribution in [-0.4, -0.2) is 44.1 Å². The fourth-order valence-corrected chi connectivity index (χ4v) is 2.64. The van der Waals surface area contributed by atoms with Gasteiger partial charge in [-0.1, -0.05) is 42.5 Å². The predicted octanol–water partition coefficient (Wildman–Crippen LogP) is 2.97. The third-order valence-electron chi connectivity index (χ3n) is 4.22. The molecule has 1 N–H and O–H groups in total. The third-order valence-corrected chi connectivity index (χ3v) is 4.22. The van der Waals surface area contributed by atoms with E-state index in [2.05, 4.69) is 24.4 Å². The Balaban J connectivity index is 1.63. The Morgan fingerprint density at radius 3 is 2.44 bits per heavy atom. The maximum atomic E-state index is 12.0. The minimum Gasteiger partial charge on any atom is -0.492 e. The van der Waals surface area contributed by atoms with E-state index >= 15 is 0 Å². The SMILES string of the molecule is Cc1ccccc1CCNC(=O)CN(C)CCOc1ccccc1C. The lowest BCUT2D eigenvalue weighted by Gasteiger charge is -2.17. The van der Waals surface area contributed by atoms with Gasteiger partial charge >= 0.3 is 0 Å². The molecule has 0 spiro atoms. The maximum absolute atomic E-state index is 12.0. The van der Waals surface area contributed by atoms with E-state index in [1.54, 1.807) is 0 Å². The van der Waals surface area contributed by atoms with Crippen LogP contribution in [0.3, 0.4) is 0 Å². The van der Waals surface area contributed by atoms with Crippen molar-refractivity contribution in [2.45, 2.75) is 20.3 Å². The number of aryl methyl sites for hydroxylation is 2. The molecule has 0 saturated carbocycles. The number of hydrogen-bond acceptors (Lipinski definition) is 3. The van der Waals surface area contributed by atoms with E-state index in [9.17, 15) is 4.79 Å². The minimum absolute atomic E-state index is 0.0481. The zero-order valence-corrected chi connectivity index (χ0v) is 15.4. The van der Waals surface area contributed by atoms with Crippen molar-refractivity contribution >= 4 is 5.91 Å². The molecule has 134 valence electrons. The van der Waals surface area contributed by atoms with Crippen LogP contribution in [0.5, 0.6) is 5.75 Å². The molecule has 0 bridgehead atoms. The van der Waals surface area contributed by atoms with Gasteiger partial charge in [0.2, 0.25) is 5.91 Å². The zero-order valence-electron chi connectivity index (χ0n) is 15.4. The molecule has 25 heavy (non-hydrogen) atoms. The van der Waals surface area contributed by atoms with E-state index in [1.165, 1.54) is 11.1 Å². The summed E-state index contributed by atoms with van der Waals surface area (Å²) < 4.78 is 5.77. The summed E-state index contributed by atoms with van der Waals surface area (Å²) in [4.78, 5) is 14.0. The Morgan fingerprint density at radius 1 is 1.04 bits per heavy atom. The van der Waals surface area contributed by atoms with Crippen molar-refractivity contribution < 1.29 is 9.53 Å².